The molecule has 0 heterocycles. The van der Waals surface area contributed by atoms with Crippen LogP contribution >= 0.6 is 15.9 Å². The molecule has 2 rings (SSSR count). The van der Waals surface area contributed by atoms with Crippen LogP contribution < -0.4 is 5.32 Å². The molecule has 1 aromatic carbocycles. The molecule has 92 valence electrons. The maximum atomic E-state index is 12.2. The number of amides is 1. The van der Waals surface area contributed by atoms with Crippen LogP contribution in [0.4, 0.5) is 0 Å². The van der Waals surface area contributed by atoms with E-state index in [9.17, 15) is 4.79 Å². The van der Waals surface area contributed by atoms with E-state index in [2.05, 4.69) is 21.2 Å². The van der Waals surface area contributed by atoms with Crippen LogP contribution in [0.5, 0.6) is 0 Å². The van der Waals surface area contributed by atoms with Crippen molar-refractivity contribution in [1.82, 2.24) is 5.32 Å². The molecule has 1 fully saturated rings. The lowest BCUT2D eigenvalue weighted by molar-refractivity contribution is 0.0927. The minimum Gasteiger partial charge on any atom is -0.349 e. The largest absolute Gasteiger partial charge is 0.349 e. The van der Waals surface area contributed by atoms with Gasteiger partial charge in [-0.1, -0.05) is 53.4 Å². The summed E-state index contributed by atoms with van der Waals surface area (Å²) < 4.78 is 0. The first-order valence-electron chi connectivity index (χ1n) is 6.26. The number of nitrogens with one attached hydrogen (secondary N) is 1. The van der Waals surface area contributed by atoms with E-state index in [0.29, 0.717) is 6.04 Å². The van der Waals surface area contributed by atoms with Crippen molar-refractivity contribution >= 4 is 21.8 Å². The second kappa shape index (κ2) is 6.20. The van der Waals surface area contributed by atoms with Gasteiger partial charge in [0.2, 0.25) is 0 Å². The Morgan fingerprint density at radius 1 is 1.24 bits per heavy atom. The van der Waals surface area contributed by atoms with Gasteiger partial charge in [0.05, 0.1) is 0 Å². The maximum Gasteiger partial charge on any atom is 0.251 e. The number of halogens is 1. The normalized spacial score (nSPS) is 16.8. The lowest BCUT2D eigenvalue weighted by Gasteiger charge is -2.23. The van der Waals surface area contributed by atoms with Gasteiger partial charge in [0.25, 0.3) is 5.91 Å². The van der Waals surface area contributed by atoms with Gasteiger partial charge in [-0.15, -0.1) is 0 Å². The van der Waals surface area contributed by atoms with Crippen molar-refractivity contribution in [2.75, 3.05) is 0 Å². The first-order chi connectivity index (χ1) is 8.31. The minimum atomic E-state index is 0.0759. The summed E-state index contributed by atoms with van der Waals surface area (Å²) in [5.74, 6) is 0.0759. The third-order valence-corrected chi connectivity index (χ3v) is 3.95. The molecule has 0 atom stereocenters. The highest BCUT2D eigenvalue weighted by molar-refractivity contribution is 9.08. The molecule has 1 aliphatic rings. The summed E-state index contributed by atoms with van der Waals surface area (Å²) in [5.41, 5.74) is 1.86. The fourth-order valence-electron chi connectivity index (χ4n) is 2.37. The van der Waals surface area contributed by atoms with Crippen LogP contribution in [0, 0.1) is 0 Å². The highest BCUT2D eigenvalue weighted by Crippen LogP contribution is 2.19. The number of carbonyl (C=O) groups excluding carboxylic acids is 1. The Labute approximate surface area is 111 Å². The Morgan fingerprint density at radius 3 is 2.65 bits per heavy atom. The first kappa shape index (κ1) is 12.6. The molecule has 1 saturated carbocycles. The Kier molecular flexibility index (Phi) is 4.60. The van der Waals surface area contributed by atoms with E-state index >= 15 is 0 Å². The zero-order valence-electron chi connectivity index (χ0n) is 9.92. The Hall–Kier alpha value is -0.830. The molecule has 1 aliphatic carbocycles. The van der Waals surface area contributed by atoms with Crippen LogP contribution in [0.15, 0.2) is 24.3 Å². The van der Waals surface area contributed by atoms with Gasteiger partial charge in [-0.05, 0) is 24.5 Å². The molecule has 1 amide bonds. The summed E-state index contributed by atoms with van der Waals surface area (Å²) in [6.07, 6.45) is 6.05. The van der Waals surface area contributed by atoms with E-state index in [4.69, 9.17) is 0 Å². The van der Waals surface area contributed by atoms with Crippen molar-refractivity contribution in [3.05, 3.63) is 35.4 Å². The van der Waals surface area contributed by atoms with Crippen LogP contribution in [0.3, 0.4) is 0 Å². The first-order valence-corrected chi connectivity index (χ1v) is 7.38. The minimum absolute atomic E-state index is 0.0759. The predicted octanol–water partition coefficient (Wildman–Crippen LogP) is 3.64. The molecule has 0 saturated heterocycles. The van der Waals surface area contributed by atoms with E-state index < -0.39 is 0 Å². The third-order valence-electron chi connectivity index (χ3n) is 3.35. The van der Waals surface area contributed by atoms with Crippen LogP contribution in [0.2, 0.25) is 0 Å². The van der Waals surface area contributed by atoms with Gasteiger partial charge in [0.15, 0.2) is 0 Å². The van der Waals surface area contributed by atoms with Crippen LogP contribution in [-0.4, -0.2) is 11.9 Å². The van der Waals surface area contributed by atoms with Crippen molar-refractivity contribution in [2.24, 2.45) is 0 Å². The molecule has 1 N–H and O–H groups in total. The Morgan fingerprint density at radius 2 is 1.94 bits per heavy atom. The van der Waals surface area contributed by atoms with Gasteiger partial charge in [0, 0.05) is 16.9 Å². The molecule has 0 aromatic heterocycles. The second-order valence-corrected chi connectivity index (χ2v) is 5.16. The summed E-state index contributed by atoms with van der Waals surface area (Å²) in [7, 11) is 0. The number of benzene rings is 1. The molecule has 0 bridgehead atoms. The molecule has 0 spiro atoms. The van der Waals surface area contributed by atoms with Gasteiger partial charge in [-0.3, -0.25) is 4.79 Å². The van der Waals surface area contributed by atoms with Crippen LogP contribution in [0.25, 0.3) is 0 Å². The van der Waals surface area contributed by atoms with Gasteiger partial charge in [-0.25, -0.2) is 0 Å². The summed E-state index contributed by atoms with van der Waals surface area (Å²) in [5, 5.41) is 3.87. The standard InChI is InChI=1S/C14H18BrNO/c15-10-11-6-4-5-9-13(11)14(17)16-12-7-2-1-3-8-12/h4-6,9,12H,1-3,7-8,10H2,(H,16,17). The van der Waals surface area contributed by atoms with Gasteiger partial charge >= 0.3 is 0 Å². The molecule has 2 nitrogen and oxygen atoms in total. The van der Waals surface area contributed by atoms with Crippen molar-refractivity contribution in [3.8, 4) is 0 Å². The number of hydrogen-bond donors (Lipinski definition) is 1. The van der Waals surface area contributed by atoms with Crippen molar-refractivity contribution in [2.45, 2.75) is 43.5 Å². The van der Waals surface area contributed by atoms with E-state index in [1.807, 2.05) is 24.3 Å². The fourth-order valence-corrected chi connectivity index (χ4v) is 2.86. The fraction of sp³-hybridized carbons (Fsp3) is 0.500. The third kappa shape index (κ3) is 3.32. The zero-order valence-corrected chi connectivity index (χ0v) is 11.5. The van der Waals surface area contributed by atoms with Crippen molar-refractivity contribution in [3.63, 3.8) is 0 Å². The molecule has 17 heavy (non-hydrogen) atoms. The molecule has 1 aromatic rings. The molecule has 0 unspecified atom stereocenters. The van der Waals surface area contributed by atoms with Gasteiger partial charge in [-0.2, -0.15) is 0 Å². The highest BCUT2D eigenvalue weighted by atomic mass is 79.9. The molecular formula is C14H18BrNO. The lowest BCUT2D eigenvalue weighted by atomic mass is 9.95. The molecule has 0 aliphatic heterocycles. The topological polar surface area (TPSA) is 29.1 Å². The van der Waals surface area contributed by atoms with Gasteiger partial charge in [0.1, 0.15) is 0 Å². The highest BCUT2D eigenvalue weighted by Gasteiger charge is 2.17. The summed E-state index contributed by atoms with van der Waals surface area (Å²) in [6, 6.07) is 8.15. The van der Waals surface area contributed by atoms with E-state index in [0.717, 1.165) is 29.3 Å². The number of alkyl halides is 1. The smallest absolute Gasteiger partial charge is 0.251 e. The molecule has 3 heteroatoms. The van der Waals surface area contributed by atoms with E-state index in [1.54, 1.807) is 0 Å². The van der Waals surface area contributed by atoms with Gasteiger partial charge < -0.3 is 5.32 Å². The lowest BCUT2D eigenvalue weighted by Crippen LogP contribution is -2.36. The average Bonchev–Trinajstić information content (AvgIpc) is 2.40. The van der Waals surface area contributed by atoms with Crippen LogP contribution in [-0.2, 0) is 5.33 Å². The number of carbonyl (C=O) groups is 1. The quantitative estimate of drug-likeness (QED) is 0.848. The predicted molar refractivity (Wildman–Crippen MR) is 73.4 cm³/mol. The van der Waals surface area contributed by atoms with Crippen molar-refractivity contribution < 1.29 is 4.79 Å². The summed E-state index contributed by atoms with van der Waals surface area (Å²) >= 11 is 3.42. The Bertz CT molecular complexity index is 386. The second-order valence-electron chi connectivity index (χ2n) is 4.60. The summed E-state index contributed by atoms with van der Waals surface area (Å²) in [4.78, 5) is 12.2. The van der Waals surface area contributed by atoms with E-state index in [-0.39, 0.29) is 5.91 Å². The Balaban J connectivity index is 2.03. The number of hydrogen-bond acceptors (Lipinski definition) is 1. The monoisotopic (exact) mass is 295 g/mol. The van der Waals surface area contributed by atoms with Crippen LogP contribution in [0.1, 0.15) is 48.0 Å². The molecule has 0 radical (unpaired) electrons. The zero-order chi connectivity index (χ0) is 12.1. The van der Waals surface area contributed by atoms with Crippen molar-refractivity contribution in [1.29, 1.82) is 0 Å². The number of rotatable bonds is 3. The average molecular weight is 296 g/mol. The van der Waals surface area contributed by atoms with E-state index in [1.165, 1.54) is 19.3 Å². The SMILES string of the molecule is O=C(NC1CCCCC1)c1ccccc1CBr. The molecular weight excluding hydrogens is 278 g/mol. The maximum absolute atomic E-state index is 12.2. The summed E-state index contributed by atoms with van der Waals surface area (Å²) in [6.45, 7) is 0.